The Labute approximate surface area is 95.4 Å². The molecule has 0 amide bonds. The molecular weight excluding hydrogens is 209 g/mol. The van der Waals surface area contributed by atoms with Crippen LogP contribution in [-0.4, -0.2) is 20.8 Å². The summed E-state index contributed by atoms with van der Waals surface area (Å²) in [4.78, 5) is 0. The number of aryl methyl sites for hydroxylation is 1. The number of halogens is 1. The van der Waals surface area contributed by atoms with Crippen LogP contribution in [0.3, 0.4) is 0 Å². The molecule has 0 saturated heterocycles. The highest BCUT2D eigenvalue weighted by molar-refractivity contribution is 5.38. The quantitative estimate of drug-likeness (QED) is 0.807. The second-order valence-corrected chi connectivity index (χ2v) is 3.54. The number of hydrogen-bond acceptors (Lipinski definition) is 3. The fraction of sp³-hybridized carbons (Fsp3) is 0.500. The molecule has 0 spiro atoms. The van der Waals surface area contributed by atoms with Crippen LogP contribution in [0.25, 0.3) is 0 Å². The molecular formula is C12H18FNO2. The van der Waals surface area contributed by atoms with E-state index >= 15 is 0 Å². The van der Waals surface area contributed by atoms with E-state index in [-0.39, 0.29) is 12.4 Å². The van der Waals surface area contributed by atoms with Crippen molar-refractivity contribution in [2.75, 3.05) is 20.8 Å². The zero-order valence-electron chi connectivity index (χ0n) is 9.75. The Morgan fingerprint density at radius 3 is 2.62 bits per heavy atom. The number of ether oxygens (including phenoxy) is 2. The minimum Gasteiger partial charge on any atom is -0.496 e. The molecule has 0 aromatic heterocycles. The molecule has 0 aliphatic heterocycles. The summed E-state index contributed by atoms with van der Waals surface area (Å²) in [6.45, 7) is 0.774. The lowest BCUT2D eigenvalue weighted by Crippen LogP contribution is -2.05. The SMILES string of the molecule is COCc1c(OC)ccc(CCCN)c1F. The predicted molar refractivity (Wildman–Crippen MR) is 61.0 cm³/mol. The van der Waals surface area contributed by atoms with E-state index in [1.165, 1.54) is 14.2 Å². The molecule has 1 aromatic carbocycles. The summed E-state index contributed by atoms with van der Waals surface area (Å²) < 4.78 is 24.1. The van der Waals surface area contributed by atoms with Crippen molar-refractivity contribution in [2.45, 2.75) is 19.4 Å². The molecule has 90 valence electrons. The number of methoxy groups -OCH3 is 2. The van der Waals surface area contributed by atoms with Gasteiger partial charge in [0.05, 0.1) is 19.3 Å². The van der Waals surface area contributed by atoms with Gasteiger partial charge in [-0.1, -0.05) is 6.07 Å². The Balaban J connectivity index is 3.00. The fourth-order valence-electron chi connectivity index (χ4n) is 1.61. The lowest BCUT2D eigenvalue weighted by atomic mass is 10.0. The van der Waals surface area contributed by atoms with Gasteiger partial charge in [0.1, 0.15) is 11.6 Å². The van der Waals surface area contributed by atoms with Crippen LogP contribution in [0.4, 0.5) is 4.39 Å². The van der Waals surface area contributed by atoms with Crippen molar-refractivity contribution in [3.8, 4) is 5.75 Å². The molecule has 1 aromatic rings. The Bertz CT molecular complexity index is 342. The van der Waals surface area contributed by atoms with Crippen LogP contribution in [0.1, 0.15) is 17.5 Å². The van der Waals surface area contributed by atoms with Gasteiger partial charge in [-0.25, -0.2) is 4.39 Å². The van der Waals surface area contributed by atoms with Crippen LogP contribution in [-0.2, 0) is 17.8 Å². The summed E-state index contributed by atoms with van der Waals surface area (Å²) in [6.07, 6.45) is 1.42. The Morgan fingerprint density at radius 2 is 2.06 bits per heavy atom. The summed E-state index contributed by atoms with van der Waals surface area (Å²) >= 11 is 0. The second kappa shape index (κ2) is 6.45. The van der Waals surface area contributed by atoms with E-state index in [0.717, 1.165) is 6.42 Å². The van der Waals surface area contributed by atoms with Crippen molar-refractivity contribution in [2.24, 2.45) is 5.73 Å². The van der Waals surface area contributed by atoms with E-state index in [2.05, 4.69) is 0 Å². The number of rotatable bonds is 6. The number of nitrogens with two attached hydrogens (primary N) is 1. The van der Waals surface area contributed by atoms with Gasteiger partial charge in [0.25, 0.3) is 0 Å². The molecule has 0 radical (unpaired) electrons. The van der Waals surface area contributed by atoms with E-state index in [1.54, 1.807) is 12.1 Å². The zero-order chi connectivity index (χ0) is 12.0. The maximum Gasteiger partial charge on any atom is 0.135 e. The molecule has 0 unspecified atom stereocenters. The summed E-state index contributed by atoms with van der Waals surface area (Å²) in [7, 11) is 3.05. The van der Waals surface area contributed by atoms with Crippen LogP contribution < -0.4 is 10.5 Å². The van der Waals surface area contributed by atoms with Gasteiger partial charge in [-0.05, 0) is 31.0 Å². The summed E-state index contributed by atoms with van der Waals surface area (Å²) in [5.74, 6) is 0.283. The van der Waals surface area contributed by atoms with Gasteiger partial charge in [-0.2, -0.15) is 0 Å². The molecule has 0 atom stereocenters. The van der Waals surface area contributed by atoms with E-state index in [1.807, 2.05) is 0 Å². The molecule has 3 nitrogen and oxygen atoms in total. The first kappa shape index (κ1) is 12.9. The van der Waals surface area contributed by atoms with Gasteiger partial charge in [-0.3, -0.25) is 0 Å². The molecule has 0 heterocycles. The van der Waals surface area contributed by atoms with Crippen molar-refractivity contribution in [1.29, 1.82) is 0 Å². The topological polar surface area (TPSA) is 44.5 Å². The van der Waals surface area contributed by atoms with Crippen molar-refractivity contribution in [3.05, 3.63) is 29.1 Å². The van der Waals surface area contributed by atoms with Crippen LogP contribution in [0.15, 0.2) is 12.1 Å². The molecule has 1 rings (SSSR count). The van der Waals surface area contributed by atoms with E-state index < -0.39 is 0 Å². The van der Waals surface area contributed by atoms with Gasteiger partial charge < -0.3 is 15.2 Å². The largest absolute Gasteiger partial charge is 0.496 e. The maximum absolute atomic E-state index is 14.0. The lowest BCUT2D eigenvalue weighted by Gasteiger charge is -2.12. The highest BCUT2D eigenvalue weighted by Crippen LogP contribution is 2.25. The van der Waals surface area contributed by atoms with Crippen LogP contribution in [0.5, 0.6) is 5.75 Å². The molecule has 0 aliphatic rings. The number of benzene rings is 1. The predicted octanol–water partition coefficient (Wildman–Crippen LogP) is 1.87. The van der Waals surface area contributed by atoms with Crippen molar-refractivity contribution in [3.63, 3.8) is 0 Å². The molecule has 16 heavy (non-hydrogen) atoms. The van der Waals surface area contributed by atoms with E-state index in [0.29, 0.717) is 29.8 Å². The van der Waals surface area contributed by atoms with Crippen LogP contribution in [0.2, 0.25) is 0 Å². The average molecular weight is 227 g/mol. The van der Waals surface area contributed by atoms with E-state index in [9.17, 15) is 4.39 Å². The minimum absolute atomic E-state index is 0.214. The molecule has 2 N–H and O–H groups in total. The first-order chi connectivity index (χ1) is 7.74. The highest BCUT2D eigenvalue weighted by Gasteiger charge is 2.13. The monoisotopic (exact) mass is 227 g/mol. The minimum atomic E-state index is -0.241. The normalized spacial score (nSPS) is 10.5. The Hall–Kier alpha value is -1.13. The van der Waals surface area contributed by atoms with Crippen LogP contribution in [0, 0.1) is 5.82 Å². The summed E-state index contributed by atoms with van der Waals surface area (Å²) in [5.41, 5.74) is 6.54. The van der Waals surface area contributed by atoms with Gasteiger partial charge in [0.2, 0.25) is 0 Å². The molecule has 0 saturated carbocycles. The van der Waals surface area contributed by atoms with Crippen molar-refractivity contribution in [1.82, 2.24) is 0 Å². The first-order valence-corrected chi connectivity index (χ1v) is 5.27. The Morgan fingerprint density at radius 1 is 1.31 bits per heavy atom. The summed E-state index contributed by atoms with van der Waals surface area (Å²) in [6, 6.07) is 3.51. The van der Waals surface area contributed by atoms with Crippen molar-refractivity contribution < 1.29 is 13.9 Å². The molecule has 0 fully saturated rings. The zero-order valence-corrected chi connectivity index (χ0v) is 9.75. The van der Waals surface area contributed by atoms with Gasteiger partial charge in [0, 0.05) is 7.11 Å². The maximum atomic E-state index is 14.0. The Kier molecular flexibility index (Phi) is 5.22. The third-order valence-electron chi connectivity index (χ3n) is 2.44. The van der Waals surface area contributed by atoms with Gasteiger partial charge in [-0.15, -0.1) is 0 Å². The lowest BCUT2D eigenvalue weighted by molar-refractivity contribution is 0.177. The third-order valence-corrected chi connectivity index (χ3v) is 2.44. The fourth-order valence-corrected chi connectivity index (χ4v) is 1.61. The summed E-state index contributed by atoms with van der Waals surface area (Å²) in [5, 5.41) is 0. The molecule has 4 heteroatoms. The molecule has 0 bridgehead atoms. The second-order valence-electron chi connectivity index (χ2n) is 3.54. The number of hydrogen-bond donors (Lipinski definition) is 1. The van der Waals surface area contributed by atoms with Crippen molar-refractivity contribution >= 4 is 0 Å². The standard InChI is InChI=1S/C12H18FNO2/c1-15-8-10-11(16-2)6-5-9(12(10)13)4-3-7-14/h5-6H,3-4,7-8,14H2,1-2H3. The van der Waals surface area contributed by atoms with E-state index in [4.69, 9.17) is 15.2 Å². The smallest absolute Gasteiger partial charge is 0.135 e. The molecule has 0 aliphatic carbocycles. The average Bonchev–Trinajstić information content (AvgIpc) is 2.30. The third kappa shape index (κ3) is 2.93. The van der Waals surface area contributed by atoms with Gasteiger partial charge in [0.15, 0.2) is 0 Å². The first-order valence-electron chi connectivity index (χ1n) is 5.27. The highest BCUT2D eigenvalue weighted by atomic mass is 19.1. The van der Waals surface area contributed by atoms with Gasteiger partial charge >= 0.3 is 0 Å². The van der Waals surface area contributed by atoms with Crippen LogP contribution >= 0.6 is 0 Å².